The molecule has 0 radical (unpaired) electrons. The van der Waals surface area contributed by atoms with Gasteiger partial charge < -0.3 is 0 Å². The molecule has 44 heavy (non-hydrogen) atoms. The van der Waals surface area contributed by atoms with Crippen molar-refractivity contribution in [1.82, 2.24) is 9.55 Å². The molecule has 0 aliphatic carbocycles. The minimum absolute atomic E-state index is 0.0760. The van der Waals surface area contributed by atoms with Crippen LogP contribution in [0.15, 0.2) is 52.2 Å². The van der Waals surface area contributed by atoms with Crippen LogP contribution in [0.3, 0.4) is 0 Å². The number of nitrogens with one attached hydrogen (secondary N) is 1. The number of H-pyrrole nitrogens is 1. The molecule has 2 aromatic rings. The Kier molecular flexibility index (Phi) is 9.70. The van der Waals surface area contributed by atoms with E-state index in [2.05, 4.69) is 97.7 Å². The summed E-state index contributed by atoms with van der Waals surface area (Å²) < 4.78 is 39.3. The van der Waals surface area contributed by atoms with Gasteiger partial charge in [-0.15, -0.1) is 0 Å². The molecule has 0 amide bonds. The van der Waals surface area contributed by atoms with Gasteiger partial charge in [0, 0.05) is 0 Å². The maximum atomic E-state index is 13.7. The van der Waals surface area contributed by atoms with Gasteiger partial charge in [0.05, 0.1) is 0 Å². The number of benzene rings is 1. The molecule has 13 heteroatoms. The summed E-state index contributed by atoms with van der Waals surface area (Å²) in [6.07, 6.45) is 0.0764. The summed E-state index contributed by atoms with van der Waals surface area (Å²) in [4.78, 5) is 28.4. The van der Waals surface area contributed by atoms with Crippen molar-refractivity contribution >= 4 is 44.9 Å². The Labute approximate surface area is 271 Å². The number of rotatable bonds is 8. The molecular formula is C31H50N2O7SeSi3. The van der Waals surface area contributed by atoms with Crippen LogP contribution in [0.5, 0.6) is 0 Å². The SMILES string of the molecule is CC(C)[Si]1(C(C)C)OC[C@H]2O[C@]3(n4ccc(=O)[nH]c4=O)C(C[Se]c4ccccc4)[Si](C)(C)O[C@@H]3[C@@H]2O[Si](C(C)C)(C(C)C)O1. The average molecular weight is 726 g/mol. The summed E-state index contributed by atoms with van der Waals surface area (Å²) in [5.74, 6) is 0. The third-order valence-electron chi connectivity index (χ3n) is 9.87. The van der Waals surface area contributed by atoms with Crippen LogP contribution < -0.4 is 15.7 Å². The fourth-order valence-electron chi connectivity index (χ4n) is 7.62. The van der Waals surface area contributed by atoms with Gasteiger partial charge in [-0.1, -0.05) is 0 Å². The molecule has 3 saturated heterocycles. The Morgan fingerprint density at radius 3 is 2.09 bits per heavy atom. The van der Waals surface area contributed by atoms with Gasteiger partial charge in [0.2, 0.25) is 0 Å². The molecular weight excluding hydrogens is 676 g/mol. The number of nitrogens with zero attached hydrogens (tertiary/aromatic N) is 1. The average Bonchev–Trinajstić information content (AvgIpc) is 3.32. The molecule has 1 aromatic carbocycles. The maximum absolute atomic E-state index is 13.7. The molecule has 3 aliphatic rings. The Balaban J connectivity index is 1.68. The Morgan fingerprint density at radius 1 is 0.909 bits per heavy atom. The van der Waals surface area contributed by atoms with Gasteiger partial charge in [0.15, 0.2) is 0 Å². The molecule has 244 valence electrons. The summed E-state index contributed by atoms with van der Waals surface area (Å²) in [6, 6.07) is 11.9. The molecule has 4 heterocycles. The van der Waals surface area contributed by atoms with Crippen LogP contribution in [-0.4, -0.2) is 74.9 Å². The number of aromatic nitrogens is 2. The van der Waals surface area contributed by atoms with Crippen LogP contribution in [0.25, 0.3) is 0 Å². The van der Waals surface area contributed by atoms with Gasteiger partial charge >= 0.3 is 272 Å². The number of hydrogen-bond donors (Lipinski definition) is 1. The first-order chi connectivity index (χ1) is 20.6. The van der Waals surface area contributed by atoms with Crippen molar-refractivity contribution in [3.63, 3.8) is 0 Å². The van der Waals surface area contributed by atoms with E-state index >= 15 is 0 Å². The monoisotopic (exact) mass is 726 g/mol. The van der Waals surface area contributed by atoms with Crippen LogP contribution in [0.4, 0.5) is 0 Å². The van der Waals surface area contributed by atoms with Crippen molar-refractivity contribution in [2.45, 2.75) is 126 Å². The van der Waals surface area contributed by atoms with E-state index in [4.69, 9.17) is 22.1 Å². The van der Waals surface area contributed by atoms with E-state index in [-0.39, 0.29) is 42.7 Å². The molecule has 5 atom stereocenters. The molecule has 9 nitrogen and oxygen atoms in total. The summed E-state index contributed by atoms with van der Waals surface area (Å²) in [6.45, 7) is 22.4. The van der Waals surface area contributed by atoms with Crippen molar-refractivity contribution in [2.75, 3.05) is 6.61 Å². The first-order valence-corrected chi connectivity index (χ1v) is 25.0. The van der Waals surface area contributed by atoms with Gasteiger partial charge in [-0.2, -0.15) is 0 Å². The predicted octanol–water partition coefficient (Wildman–Crippen LogP) is 4.97. The van der Waals surface area contributed by atoms with Crippen molar-refractivity contribution in [3.8, 4) is 0 Å². The van der Waals surface area contributed by atoms with Crippen LogP contribution in [-0.2, 0) is 27.9 Å². The Morgan fingerprint density at radius 2 is 1.52 bits per heavy atom. The minimum atomic E-state index is -2.97. The van der Waals surface area contributed by atoms with Crippen LogP contribution in [0.1, 0.15) is 55.4 Å². The van der Waals surface area contributed by atoms with Crippen molar-refractivity contribution in [2.24, 2.45) is 0 Å². The standard InChI is InChI=1S/C31H50N2O7SeSi3/c1-20(2)43(21(3)4)36-18-25-28(38-44(40-43,22(5)6)23(7)8)29-31(37-25,33-17-16-27(34)32-30(33)35)26(42(9,10)39-29)19-41-24-14-12-11-13-15-24/h11-17,20-23,25-26,28-29H,18-19H2,1-10H3,(H,32,34,35)/t25-,26?,28-,29-,31-/m1/s1. The molecule has 1 unspecified atom stereocenters. The quantitative estimate of drug-likeness (QED) is 0.384. The second kappa shape index (κ2) is 12.5. The van der Waals surface area contributed by atoms with E-state index < -0.39 is 60.7 Å². The van der Waals surface area contributed by atoms with Gasteiger partial charge in [0.1, 0.15) is 0 Å². The van der Waals surface area contributed by atoms with Crippen molar-refractivity contribution in [1.29, 1.82) is 0 Å². The fraction of sp³-hybridized carbons (Fsp3) is 0.677. The van der Waals surface area contributed by atoms with Gasteiger partial charge in [-0.25, -0.2) is 0 Å². The van der Waals surface area contributed by atoms with E-state index in [1.807, 2.05) is 6.07 Å². The normalized spacial score (nSPS) is 30.9. The van der Waals surface area contributed by atoms with E-state index in [0.717, 1.165) is 5.32 Å². The summed E-state index contributed by atoms with van der Waals surface area (Å²) in [7, 11) is -8.24. The zero-order valence-corrected chi connectivity index (χ0v) is 32.5. The van der Waals surface area contributed by atoms with E-state index in [0.29, 0.717) is 6.61 Å². The predicted molar refractivity (Wildman–Crippen MR) is 181 cm³/mol. The molecule has 0 bridgehead atoms. The second-order valence-electron chi connectivity index (χ2n) is 14.3. The third kappa shape index (κ3) is 5.58. The topological polar surface area (TPSA) is 101 Å². The summed E-state index contributed by atoms with van der Waals surface area (Å²) in [5.41, 5.74) is -1.47. The molecule has 1 aromatic heterocycles. The molecule has 3 aliphatic heterocycles. The molecule has 1 N–H and O–H groups in total. The zero-order valence-electron chi connectivity index (χ0n) is 27.8. The molecule has 5 rings (SSSR count). The van der Waals surface area contributed by atoms with Gasteiger partial charge in [-0.3, -0.25) is 0 Å². The molecule has 0 spiro atoms. The molecule has 0 saturated carbocycles. The van der Waals surface area contributed by atoms with Crippen molar-refractivity contribution in [3.05, 3.63) is 63.4 Å². The van der Waals surface area contributed by atoms with E-state index in [1.54, 1.807) is 10.8 Å². The second-order valence-corrected chi connectivity index (χ2v) is 29.5. The number of hydrogen-bond acceptors (Lipinski definition) is 7. The zero-order chi connectivity index (χ0) is 32.2. The van der Waals surface area contributed by atoms with Crippen molar-refractivity contribution < 1.29 is 22.1 Å². The van der Waals surface area contributed by atoms with Crippen LogP contribution in [0.2, 0.25) is 46.1 Å². The first-order valence-electron chi connectivity index (χ1n) is 16.0. The molecule has 3 fully saturated rings. The number of ether oxygens (including phenoxy) is 1. The summed E-state index contributed by atoms with van der Waals surface area (Å²) >= 11 is 0.115. The van der Waals surface area contributed by atoms with Gasteiger partial charge in [0.25, 0.3) is 0 Å². The third-order valence-corrected chi connectivity index (χ3v) is 26.3. The van der Waals surface area contributed by atoms with E-state index in [1.165, 1.54) is 10.5 Å². The van der Waals surface area contributed by atoms with Gasteiger partial charge in [-0.05, 0) is 0 Å². The number of aromatic amines is 1. The van der Waals surface area contributed by atoms with Crippen LogP contribution >= 0.6 is 0 Å². The fourth-order valence-corrected chi connectivity index (χ4v) is 26.7. The first kappa shape index (κ1) is 34.2. The van der Waals surface area contributed by atoms with E-state index in [9.17, 15) is 9.59 Å². The summed E-state index contributed by atoms with van der Waals surface area (Å²) in [5, 5.41) is 0.822. The Bertz CT molecular complexity index is 1420. The van der Waals surface area contributed by atoms with Crippen LogP contribution in [0, 0.1) is 0 Å². The Hall–Kier alpha value is -1.13. The number of fused-ring (bicyclic) bond motifs is 3.